The quantitative estimate of drug-likeness (QED) is 0.333. The normalized spacial score (nSPS) is 17.1. The molecular weight excluding hydrogens is 494 g/mol. The minimum Gasteiger partial charge on any atom is -0.477 e. The van der Waals surface area contributed by atoms with Crippen molar-refractivity contribution in [2.24, 2.45) is 11.8 Å². The van der Waals surface area contributed by atoms with Gasteiger partial charge in [-0.05, 0) is 76.1 Å². The monoisotopic (exact) mass is 527 g/mol. The Bertz CT molecular complexity index is 1150. The lowest BCUT2D eigenvalue weighted by Gasteiger charge is -2.33. The summed E-state index contributed by atoms with van der Waals surface area (Å²) in [5.41, 5.74) is 3.80. The van der Waals surface area contributed by atoms with E-state index in [2.05, 4.69) is 17.2 Å². The molecule has 2 aromatic heterocycles. The molecule has 3 aromatic rings. The Morgan fingerprint density at radius 2 is 1.83 bits per heavy atom. The van der Waals surface area contributed by atoms with Gasteiger partial charge >= 0.3 is 5.97 Å². The molecule has 0 atom stereocenters. The molecule has 0 spiro atoms. The Morgan fingerprint density at radius 3 is 2.31 bits per heavy atom. The van der Waals surface area contributed by atoms with E-state index in [4.69, 9.17) is 0 Å². The van der Waals surface area contributed by atoms with Crippen LogP contribution in [-0.2, 0) is 9.59 Å². The molecule has 0 unspecified atom stereocenters. The van der Waals surface area contributed by atoms with Crippen LogP contribution in [0.5, 0.6) is 0 Å². The average Bonchev–Trinajstić information content (AvgIpc) is 3.50. The van der Waals surface area contributed by atoms with E-state index in [1.54, 1.807) is 34.4 Å². The van der Waals surface area contributed by atoms with Crippen molar-refractivity contribution >= 4 is 52.3 Å². The SMILES string of the molecule is CC1CCC(C(=O)N(c2cc(-c3ccc(NC=O)cc3)sc2C(=O)O)C(C)C)CC1.Cc1cncs1. The van der Waals surface area contributed by atoms with E-state index in [0.717, 1.165) is 36.1 Å². The zero-order chi connectivity index (χ0) is 26.2. The van der Waals surface area contributed by atoms with Gasteiger partial charge in [0.1, 0.15) is 4.88 Å². The van der Waals surface area contributed by atoms with Gasteiger partial charge in [0.2, 0.25) is 12.3 Å². The molecule has 1 aromatic carbocycles. The van der Waals surface area contributed by atoms with Gasteiger partial charge in [0.05, 0.1) is 11.2 Å². The standard InChI is InChI=1S/C23H28N2O4S.C4H5NS/c1-14(2)25(22(27)17-6-4-15(3)5-7-17)19-12-20(30-21(19)23(28)29)16-8-10-18(11-9-16)24-13-26;1-4-2-5-3-6-4/h8-15,17H,4-7H2,1-3H3,(H,24,26)(H,28,29);2-3H,1H3. The van der Waals surface area contributed by atoms with Gasteiger partial charge in [0.25, 0.3) is 0 Å². The molecule has 1 aliphatic rings. The van der Waals surface area contributed by atoms with Crippen LogP contribution in [0.15, 0.2) is 42.0 Å². The fraction of sp³-hybridized carbons (Fsp3) is 0.407. The maximum Gasteiger partial charge on any atom is 0.348 e. The first-order valence-corrected chi connectivity index (χ1v) is 13.8. The van der Waals surface area contributed by atoms with Crippen molar-refractivity contribution in [1.82, 2.24) is 4.98 Å². The molecule has 0 aliphatic heterocycles. The summed E-state index contributed by atoms with van der Waals surface area (Å²) in [5, 5.41) is 12.4. The second-order valence-corrected chi connectivity index (χ2v) is 11.5. The summed E-state index contributed by atoms with van der Waals surface area (Å²) in [5.74, 6) is -0.423. The van der Waals surface area contributed by atoms with Gasteiger partial charge < -0.3 is 15.3 Å². The lowest BCUT2D eigenvalue weighted by Crippen LogP contribution is -2.42. The molecule has 4 rings (SSSR count). The number of carboxylic acid groups (broad SMARTS) is 1. The lowest BCUT2D eigenvalue weighted by molar-refractivity contribution is -0.123. The minimum atomic E-state index is -1.03. The highest BCUT2D eigenvalue weighted by atomic mass is 32.1. The van der Waals surface area contributed by atoms with E-state index in [9.17, 15) is 19.5 Å². The molecule has 2 amide bonds. The molecule has 1 aliphatic carbocycles. The zero-order valence-corrected chi connectivity index (χ0v) is 22.7. The van der Waals surface area contributed by atoms with E-state index in [1.165, 1.54) is 16.2 Å². The van der Waals surface area contributed by atoms with Gasteiger partial charge in [-0.1, -0.05) is 19.1 Å². The number of aromatic nitrogens is 1. The number of benzene rings is 1. The summed E-state index contributed by atoms with van der Waals surface area (Å²) in [6, 6.07) is 8.85. The number of anilines is 2. The lowest BCUT2D eigenvalue weighted by atomic mass is 9.82. The summed E-state index contributed by atoms with van der Waals surface area (Å²) < 4.78 is 0. The number of aryl methyl sites for hydroxylation is 1. The topological polar surface area (TPSA) is 99.6 Å². The Hall–Kier alpha value is -3.04. The molecule has 0 saturated heterocycles. The largest absolute Gasteiger partial charge is 0.477 e. The van der Waals surface area contributed by atoms with Crippen molar-refractivity contribution in [3.05, 3.63) is 51.8 Å². The number of carboxylic acids is 1. The molecule has 7 nitrogen and oxygen atoms in total. The molecule has 192 valence electrons. The average molecular weight is 528 g/mol. The van der Waals surface area contributed by atoms with E-state index >= 15 is 0 Å². The molecule has 36 heavy (non-hydrogen) atoms. The zero-order valence-electron chi connectivity index (χ0n) is 21.1. The van der Waals surface area contributed by atoms with Gasteiger partial charge in [-0.25, -0.2) is 4.79 Å². The van der Waals surface area contributed by atoms with E-state index in [1.807, 2.05) is 44.6 Å². The predicted molar refractivity (Wildman–Crippen MR) is 147 cm³/mol. The van der Waals surface area contributed by atoms with Crippen molar-refractivity contribution in [2.75, 3.05) is 10.2 Å². The van der Waals surface area contributed by atoms with Crippen LogP contribution < -0.4 is 10.2 Å². The van der Waals surface area contributed by atoms with Gasteiger partial charge in [-0.3, -0.25) is 14.6 Å². The van der Waals surface area contributed by atoms with Crippen LogP contribution >= 0.6 is 22.7 Å². The van der Waals surface area contributed by atoms with Crippen LogP contribution in [0.3, 0.4) is 0 Å². The highest BCUT2D eigenvalue weighted by Gasteiger charge is 2.33. The number of thiophene rings is 1. The van der Waals surface area contributed by atoms with Crippen LogP contribution in [0, 0.1) is 18.8 Å². The number of thiazole rings is 1. The van der Waals surface area contributed by atoms with Crippen molar-refractivity contribution < 1.29 is 19.5 Å². The number of nitrogens with zero attached hydrogens (tertiary/aromatic N) is 2. The minimum absolute atomic E-state index is 0.0225. The highest BCUT2D eigenvalue weighted by molar-refractivity contribution is 7.18. The number of hydrogen-bond donors (Lipinski definition) is 2. The maximum absolute atomic E-state index is 13.4. The molecule has 2 N–H and O–H groups in total. The number of hydrogen-bond acceptors (Lipinski definition) is 6. The van der Waals surface area contributed by atoms with Crippen molar-refractivity contribution in [2.45, 2.75) is 59.4 Å². The summed E-state index contributed by atoms with van der Waals surface area (Å²) >= 11 is 2.83. The third-order valence-electron chi connectivity index (χ3n) is 6.24. The fourth-order valence-corrected chi connectivity index (χ4v) is 5.69. The molecule has 2 heterocycles. The van der Waals surface area contributed by atoms with Gasteiger partial charge in [-0.15, -0.1) is 22.7 Å². The van der Waals surface area contributed by atoms with E-state index < -0.39 is 5.97 Å². The van der Waals surface area contributed by atoms with Crippen LogP contribution in [0.4, 0.5) is 11.4 Å². The second-order valence-electron chi connectivity index (χ2n) is 9.34. The summed E-state index contributed by atoms with van der Waals surface area (Å²) in [6.45, 7) is 8.10. The molecule has 0 bridgehead atoms. The van der Waals surface area contributed by atoms with Gasteiger partial charge in [-0.2, -0.15) is 0 Å². The first-order valence-electron chi connectivity index (χ1n) is 12.1. The number of rotatable bonds is 7. The third kappa shape index (κ3) is 7.01. The Kier molecular flexibility index (Phi) is 9.78. The first kappa shape index (κ1) is 27.5. The van der Waals surface area contributed by atoms with E-state index in [0.29, 0.717) is 23.7 Å². The maximum atomic E-state index is 13.4. The van der Waals surface area contributed by atoms with Crippen molar-refractivity contribution in [1.29, 1.82) is 0 Å². The summed E-state index contributed by atoms with van der Waals surface area (Å²) in [6.07, 6.45) is 6.24. The summed E-state index contributed by atoms with van der Waals surface area (Å²) in [4.78, 5) is 43.7. The molecule has 1 fully saturated rings. The number of nitrogens with one attached hydrogen (secondary N) is 1. The smallest absolute Gasteiger partial charge is 0.348 e. The van der Waals surface area contributed by atoms with Crippen molar-refractivity contribution in [3.8, 4) is 10.4 Å². The second kappa shape index (κ2) is 12.8. The van der Waals surface area contributed by atoms with Crippen LogP contribution in [0.1, 0.15) is 61.0 Å². The summed E-state index contributed by atoms with van der Waals surface area (Å²) in [7, 11) is 0. The van der Waals surface area contributed by atoms with Crippen LogP contribution in [0.2, 0.25) is 0 Å². The number of carbonyl (C=O) groups excluding carboxylic acids is 2. The van der Waals surface area contributed by atoms with E-state index in [-0.39, 0.29) is 22.7 Å². The Balaban J connectivity index is 0.000000526. The van der Waals surface area contributed by atoms with Crippen LogP contribution in [-0.4, -0.2) is 34.4 Å². The fourth-order valence-electron chi connectivity index (χ4n) is 4.29. The predicted octanol–water partition coefficient (Wildman–Crippen LogP) is 6.70. The molecule has 9 heteroatoms. The number of aromatic carboxylic acids is 1. The third-order valence-corrected chi connectivity index (χ3v) is 8.10. The molecule has 1 saturated carbocycles. The molecule has 0 radical (unpaired) electrons. The van der Waals surface area contributed by atoms with Crippen molar-refractivity contribution in [3.63, 3.8) is 0 Å². The first-order chi connectivity index (χ1) is 17.2. The van der Waals surface area contributed by atoms with Gasteiger partial charge in [0.15, 0.2) is 0 Å². The van der Waals surface area contributed by atoms with Gasteiger partial charge in [0, 0.05) is 33.6 Å². The molecular formula is C27H33N3O4S2. The number of amides is 2. The Morgan fingerprint density at radius 1 is 1.17 bits per heavy atom. The highest BCUT2D eigenvalue weighted by Crippen LogP contribution is 2.40. The Labute approximate surface area is 220 Å². The van der Waals surface area contributed by atoms with Crippen LogP contribution in [0.25, 0.3) is 10.4 Å². The number of carbonyl (C=O) groups is 3.